The first-order chi connectivity index (χ1) is 15.6. The number of aromatic nitrogens is 5. The van der Waals surface area contributed by atoms with Gasteiger partial charge in [0.2, 0.25) is 5.95 Å². The molecule has 0 fully saturated rings. The Bertz CT molecular complexity index is 1380. The Balaban J connectivity index is 1.60. The van der Waals surface area contributed by atoms with Crippen molar-refractivity contribution in [2.75, 3.05) is 11.1 Å². The van der Waals surface area contributed by atoms with Crippen LogP contribution >= 0.6 is 0 Å². The fraction of sp³-hybridized carbons (Fsp3) is 0.0833. The third-order valence-corrected chi connectivity index (χ3v) is 5.16. The van der Waals surface area contributed by atoms with E-state index in [4.69, 9.17) is 10.7 Å². The molecular weight excluding hydrogens is 405 g/mol. The molecule has 0 aliphatic heterocycles. The zero-order valence-electron chi connectivity index (χ0n) is 17.3. The number of pyridine rings is 1. The summed E-state index contributed by atoms with van der Waals surface area (Å²) in [6.45, 7) is 2.05. The average Bonchev–Trinajstić information content (AvgIpc) is 3.19. The average molecular weight is 425 g/mol. The van der Waals surface area contributed by atoms with Crippen LogP contribution in [0.2, 0.25) is 0 Å². The third kappa shape index (κ3) is 3.74. The highest BCUT2D eigenvalue weighted by molar-refractivity contribution is 5.81. The molecule has 5 rings (SSSR count). The van der Waals surface area contributed by atoms with E-state index in [0.29, 0.717) is 29.1 Å². The standard InChI is InChI=1S/C24H20FN7/c1-15(16-5-3-2-4-6-16)28-24-27-14-13-21(30-24)32-19-11-12-20(26)29-22(19)31-23(32)17-7-9-18(25)10-8-17/h2-15H,1H3,(H2,26,29)(H,27,28,30)/t15-/m1/s1. The molecule has 7 nitrogen and oxygen atoms in total. The van der Waals surface area contributed by atoms with Gasteiger partial charge in [-0.25, -0.2) is 19.3 Å². The van der Waals surface area contributed by atoms with Crippen molar-refractivity contribution in [1.82, 2.24) is 24.5 Å². The van der Waals surface area contributed by atoms with Crippen molar-refractivity contribution >= 4 is 22.9 Å². The first-order valence-electron chi connectivity index (χ1n) is 10.1. The second kappa shape index (κ2) is 8.07. The van der Waals surface area contributed by atoms with Crippen LogP contribution in [0.5, 0.6) is 0 Å². The molecule has 1 atom stereocenters. The number of nitrogens with zero attached hydrogens (tertiary/aromatic N) is 5. The summed E-state index contributed by atoms with van der Waals surface area (Å²) >= 11 is 0. The van der Waals surface area contributed by atoms with Crippen LogP contribution in [0.25, 0.3) is 28.4 Å². The van der Waals surface area contributed by atoms with E-state index in [1.54, 1.807) is 30.5 Å². The number of halogens is 1. The molecule has 0 saturated carbocycles. The van der Waals surface area contributed by atoms with Crippen molar-refractivity contribution in [2.45, 2.75) is 13.0 Å². The van der Waals surface area contributed by atoms with Crippen LogP contribution in [0.15, 0.2) is 79.0 Å². The molecule has 2 aromatic carbocycles. The Morgan fingerprint density at radius 2 is 1.69 bits per heavy atom. The van der Waals surface area contributed by atoms with Gasteiger partial charge in [0.15, 0.2) is 5.65 Å². The SMILES string of the molecule is C[C@@H](Nc1nccc(-n2c(-c3ccc(F)cc3)nc3nc(N)ccc32)n1)c1ccccc1. The van der Waals surface area contributed by atoms with Crippen LogP contribution in [0.1, 0.15) is 18.5 Å². The predicted octanol–water partition coefficient (Wildman–Crippen LogP) is 4.77. The molecule has 0 saturated heterocycles. The lowest BCUT2D eigenvalue weighted by Crippen LogP contribution is -2.11. The van der Waals surface area contributed by atoms with Gasteiger partial charge in [0.05, 0.1) is 11.6 Å². The van der Waals surface area contributed by atoms with Crippen LogP contribution < -0.4 is 11.1 Å². The number of nitrogen functional groups attached to an aromatic ring is 1. The molecule has 3 aromatic heterocycles. The van der Waals surface area contributed by atoms with E-state index in [9.17, 15) is 4.39 Å². The topological polar surface area (TPSA) is 94.5 Å². The van der Waals surface area contributed by atoms with E-state index >= 15 is 0 Å². The van der Waals surface area contributed by atoms with E-state index in [0.717, 1.165) is 16.6 Å². The first kappa shape index (κ1) is 19.6. The van der Waals surface area contributed by atoms with Crippen LogP contribution in [0, 0.1) is 5.82 Å². The molecule has 3 N–H and O–H groups in total. The van der Waals surface area contributed by atoms with Crippen LogP contribution in [0.3, 0.4) is 0 Å². The van der Waals surface area contributed by atoms with Crippen molar-refractivity contribution in [2.24, 2.45) is 0 Å². The molecule has 32 heavy (non-hydrogen) atoms. The summed E-state index contributed by atoms with van der Waals surface area (Å²) in [5.74, 6) is 1.72. The maximum absolute atomic E-state index is 13.5. The van der Waals surface area contributed by atoms with Gasteiger partial charge >= 0.3 is 0 Å². The zero-order valence-corrected chi connectivity index (χ0v) is 17.3. The van der Waals surface area contributed by atoms with Gasteiger partial charge in [-0.1, -0.05) is 30.3 Å². The molecule has 0 bridgehead atoms. The largest absolute Gasteiger partial charge is 0.384 e. The summed E-state index contributed by atoms with van der Waals surface area (Å²) in [6, 6.07) is 21.6. The summed E-state index contributed by atoms with van der Waals surface area (Å²) in [5.41, 5.74) is 8.94. The van der Waals surface area contributed by atoms with Gasteiger partial charge in [-0.2, -0.15) is 4.98 Å². The van der Waals surface area contributed by atoms with E-state index in [1.807, 2.05) is 41.0 Å². The highest BCUT2D eigenvalue weighted by Gasteiger charge is 2.17. The predicted molar refractivity (Wildman–Crippen MR) is 123 cm³/mol. The third-order valence-electron chi connectivity index (χ3n) is 5.16. The van der Waals surface area contributed by atoms with Gasteiger partial charge in [-0.15, -0.1) is 0 Å². The molecule has 0 aliphatic rings. The minimum atomic E-state index is -0.317. The quantitative estimate of drug-likeness (QED) is 0.421. The Hall–Kier alpha value is -4.33. The molecule has 0 radical (unpaired) electrons. The van der Waals surface area contributed by atoms with Crippen LogP contribution in [-0.2, 0) is 0 Å². The van der Waals surface area contributed by atoms with Gasteiger partial charge in [-0.3, -0.25) is 4.57 Å². The number of benzene rings is 2. The molecule has 3 heterocycles. The molecular formula is C24H20FN7. The van der Waals surface area contributed by atoms with E-state index in [2.05, 4.69) is 27.2 Å². The van der Waals surface area contributed by atoms with Gasteiger partial charge in [-0.05, 0) is 55.0 Å². The number of hydrogen-bond donors (Lipinski definition) is 2. The van der Waals surface area contributed by atoms with Gasteiger partial charge in [0.25, 0.3) is 0 Å². The lowest BCUT2D eigenvalue weighted by Gasteiger charge is -2.15. The molecule has 0 amide bonds. The summed E-state index contributed by atoms with van der Waals surface area (Å²) in [4.78, 5) is 18.1. The number of hydrogen-bond acceptors (Lipinski definition) is 6. The van der Waals surface area contributed by atoms with Gasteiger partial charge in [0, 0.05) is 11.8 Å². The zero-order chi connectivity index (χ0) is 22.1. The number of nitrogens with one attached hydrogen (secondary N) is 1. The Kier molecular flexibility index (Phi) is 4.95. The number of nitrogens with two attached hydrogens (primary N) is 1. The van der Waals surface area contributed by atoms with Gasteiger partial charge in [0.1, 0.15) is 23.3 Å². The summed E-state index contributed by atoms with van der Waals surface area (Å²) in [6.07, 6.45) is 1.69. The fourth-order valence-corrected chi connectivity index (χ4v) is 3.56. The van der Waals surface area contributed by atoms with Crippen molar-refractivity contribution in [3.63, 3.8) is 0 Å². The summed E-state index contributed by atoms with van der Waals surface area (Å²) in [7, 11) is 0. The number of rotatable bonds is 5. The highest BCUT2D eigenvalue weighted by atomic mass is 19.1. The van der Waals surface area contributed by atoms with Crippen LogP contribution in [-0.4, -0.2) is 24.5 Å². The molecule has 8 heteroatoms. The lowest BCUT2D eigenvalue weighted by atomic mass is 10.1. The fourth-order valence-electron chi connectivity index (χ4n) is 3.56. The Morgan fingerprint density at radius 1 is 0.906 bits per heavy atom. The molecule has 0 spiro atoms. The minimum Gasteiger partial charge on any atom is -0.384 e. The van der Waals surface area contributed by atoms with Crippen molar-refractivity contribution < 1.29 is 4.39 Å². The Labute approximate surface area is 183 Å². The maximum Gasteiger partial charge on any atom is 0.225 e. The molecule has 5 aromatic rings. The molecule has 0 unspecified atom stereocenters. The monoisotopic (exact) mass is 425 g/mol. The summed E-state index contributed by atoms with van der Waals surface area (Å²) in [5, 5.41) is 3.34. The number of fused-ring (bicyclic) bond motifs is 1. The number of imidazole rings is 1. The number of anilines is 2. The maximum atomic E-state index is 13.5. The van der Waals surface area contributed by atoms with Crippen LogP contribution in [0.4, 0.5) is 16.2 Å². The van der Waals surface area contributed by atoms with Crippen molar-refractivity contribution in [1.29, 1.82) is 0 Å². The normalized spacial score (nSPS) is 12.1. The van der Waals surface area contributed by atoms with E-state index in [-0.39, 0.29) is 11.9 Å². The molecule has 0 aliphatic carbocycles. The Morgan fingerprint density at radius 3 is 2.47 bits per heavy atom. The first-order valence-corrected chi connectivity index (χ1v) is 10.1. The second-order valence-corrected chi connectivity index (χ2v) is 7.37. The van der Waals surface area contributed by atoms with Crippen molar-refractivity contribution in [3.8, 4) is 17.2 Å². The molecule has 158 valence electrons. The highest BCUT2D eigenvalue weighted by Crippen LogP contribution is 2.28. The minimum absolute atomic E-state index is 0.0176. The van der Waals surface area contributed by atoms with Crippen molar-refractivity contribution in [3.05, 3.63) is 90.4 Å². The van der Waals surface area contributed by atoms with E-state index < -0.39 is 0 Å². The lowest BCUT2D eigenvalue weighted by molar-refractivity contribution is 0.628. The summed E-state index contributed by atoms with van der Waals surface area (Å²) < 4.78 is 15.4. The smallest absolute Gasteiger partial charge is 0.225 e. The second-order valence-electron chi connectivity index (χ2n) is 7.37. The van der Waals surface area contributed by atoms with E-state index in [1.165, 1.54) is 12.1 Å². The van der Waals surface area contributed by atoms with Gasteiger partial charge < -0.3 is 11.1 Å².